The third kappa shape index (κ3) is 2.82. The zero-order valence-corrected chi connectivity index (χ0v) is 14.7. The lowest BCUT2D eigenvalue weighted by Crippen LogP contribution is -2.33. The van der Waals surface area contributed by atoms with Crippen molar-refractivity contribution in [1.82, 2.24) is 4.90 Å². The van der Waals surface area contributed by atoms with Crippen LogP contribution >= 0.6 is 11.8 Å². The van der Waals surface area contributed by atoms with E-state index in [0.29, 0.717) is 34.4 Å². The Bertz CT molecular complexity index is 831. The number of rotatable bonds is 4. The number of para-hydroxylation sites is 1. The summed E-state index contributed by atoms with van der Waals surface area (Å²) < 4.78 is 0. The van der Waals surface area contributed by atoms with E-state index in [1.165, 1.54) is 21.6 Å². The first-order valence-electron chi connectivity index (χ1n) is 7.91. The Balaban J connectivity index is 2.15. The molecule has 130 valence electrons. The summed E-state index contributed by atoms with van der Waals surface area (Å²) in [5.41, 5.74) is 1.35. The third-order valence-electron chi connectivity index (χ3n) is 3.92. The van der Waals surface area contributed by atoms with Crippen molar-refractivity contribution < 1.29 is 19.5 Å². The molecular weight excluding hydrogens is 342 g/mol. The quantitative estimate of drug-likeness (QED) is 0.828. The van der Waals surface area contributed by atoms with Gasteiger partial charge in [0.15, 0.2) is 5.17 Å². The van der Waals surface area contributed by atoms with Crippen LogP contribution in [0.4, 0.5) is 5.69 Å². The van der Waals surface area contributed by atoms with Gasteiger partial charge in [-0.2, -0.15) is 0 Å². The minimum atomic E-state index is -1.11. The fourth-order valence-electron chi connectivity index (χ4n) is 2.88. The maximum atomic E-state index is 12.9. The fourth-order valence-corrected chi connectivity index (χ4v) is 4.08. The number of aliphatic imine (C=N–C) groups is 1. The SMILES string of the molecule is CCN=C1S/C(=C2\C(=O)N(CC(=O)O)c3ccccc32)C(=O)N1CC. The number of carbonyl (C=O) groups excluding carboxylic acids is 2. The van der Waals surface area contributed by atoms with E-state index in [-0.39, 0.29) is 11.5 Å². The number of likely N-dealkylation sites (N-methyl/N-ethyl adjacent to an activating group) is 1. The van der Waals surface area contributed by atoms with Crippen LogP contribution in [-0.4, -0.2) is 52.6 Å². The number of fused-ring (bicyclic) bond motifs is 1. The number of aliphatic carboxylic acids is 1. The molecule has 2 aliphatic heterocycles. The highest BCUT2D eigenvalue weighted by Crippen LogP contribution is 2.44. The van der Waals surface area contributed by atoms with Gasteiger partial charge < -0.3 is 5.11 Å². The average Bonchev–Trinajstić information content (AvgIpc) is 3.02. The zero-order valence-electron chi connectivity index (χ0n) is 13.9. The second-order valence-corrected chi connectivity index (χ2v) is 6.39. The van der Waals surface area contributed by atoms with Crippen LogP contribution in [0, 0.1) is 0 Å². The molecule has 0 unspecified atom stereocenters. The van der Waals surface area contributed by atoms with E-state index in [1.807, 2.05) is 13.8 Å². The highest BCUT2D eigenvalue weighted by Gasteiger charge is 2.42. The summed E-state index contributed by atoms with van der Waals surface area (Å²) in [6.45, 7) is 4.26. The van der Waals surface area contributed by atoms with Crippen LogP contribution in [0.2, 0.25) is 0 Å². The zero-order chi connectivity index (χ0) is 18.1. The normalized spacial score (nSPS) is 21.4. The van der Waals surface area contributed by atoms with Gasteiger partial charge in [-0.3, -0.25) is 29.2 Å². The number of benzene rings is 1. The van der Waals surface area contributed by atoms with E-state index in [9.17, 15) is 14.4 Å². The largest absolute Gasteiger partial charge is 0.480 e. The Morgan fingerprint density at radius 1 is 1.16 bits per heavy atom. The number of carbonyl (C=O) groups is 3. The van der Waals surface area contributed by atoms with Gasteiger partial charge in [0.1, 0.15) is 6.54 Å². The molecule has 1 fully saturated rings. The number of nitrogens with zero attached hydrogens (tertiary/aromatic N) is 3. The van der Waals surface area contributed by atoms with Crippen molar-refractivity contribution in [3.63, 3.8) is 0 Å². The van der Waals surface area contributed by atoms with E-state index in [2.05, 4.69) is 4.99 Å². The molecule has 2 heterocycles. The van der Waals surface area contributed by atoms with Gasteiger partial charge in [0.05, 0.1) is 16.2 Å². The summed E-state index contributed by atoms with van der Waals surface area (Å²) in [4.78, 5) is 44.1. The second kappa shape index (κ2) is 6.72. The first-order chi connectivity index (χ1) is 12.0. The molecule has 7 nitrogen and oxygen atoms in total. The van der Waals surface area contributed by atoms with Gasteiger partial charge in [0.2, 0.25) is 0 Å². The van der Waals surface area contributed by atoms with Crippen LogP contribution in [-0.2, 0) is 14.4 Å². The van der Waals surface area contributed by atoms with Gasteiger partial charge in [0, 0.05) is 18.7 Å². The van der Waals surface area contributed by atoms with Gasteiger partial charge >= 0.3 is 5.97 Å². The number of amidine groups is 1. The summed E-state index contributed by atoms with van der Waals surface area (Å²) in [7, 11) is 0. The monoisotopic (exact) mass is 359 g/mol. The molecule has 0 radical (unpaired) electrons. The van der Waals surface area contributed by atoms with Crippen LogP contribution < -0.4 is 4.90 Å². The molecule has 0 atom stereocenters. The topological polar surface area (TPSA) is 90.3 Å². The first-order valence-corrected chi connectivity index (χ1v) is 8.72. The Hall–Kier alpha value is -2.61. The summed E-state index contributed by atoms with van der Waals surface area (Å²) in [6, 6.07) is 6.92. The predicted molar refractivity (Wildman–Crippen MR) is 96.3 cm³/mol. The van der Waals surface area contributed by atoms with Crippen LogP contribution in [0.25, 0.3) is 5.57 Å². The Kier molecular flexibility index (Phi) is 4.63. The number of hydrogen-bond acceptors (Lipinski definition) is 5. The molecule has 0 aliphatic carbocycles. The van der Waals surface area contributed by atoms with Gasteiger partial charge in [-0.25, -0.2) is 0 Å². The van der Waals surface area contributed by atoms with Crippen molar-refractivity contribution in [2.45, 2.75) is 13.8 Å². The number of carboxylic acids is 1. The second-order valence-electron chi connectivity index (χ2n) is 5.41. The minimum absolute atomic E-state index is 0.256. The number of hydrogen-bond donors (Lipinski definition) is 1. The van der Waals surface area contributed by atoms with Crippen molar-refractivity contribution in [2.24, 2.45) is 4.99 Å². The Morgan fingerprint density at radius 3 is 2.52 bits per heavy atom. The Morgan fingerprint density at radius 2 is 1.88 bits per heavy atom. The van der Waals surface area contributed by atoms with Crippen molar-refractivity contribution in [3.8, 4) is 0 Å². The minimum Gasteiger partial charge on any atom is -0.480 e. The van der Waals surface area contributed by atoms with Gasteiger partial charge in [-0.1, -0.05) is 18.2 Å². The van der Waals surface area contributed by atoms with Crippen molar-refractivity contribution in [1.29, 1.82) is 0 Å². The lowest BCUT2D eigenvalue weighted by atomic mass is 10.1. The lowest BCUT2D eigenvalue weighted by molar-refractivity contribution is -0.136. The van der Waals surface area contributed by atoms with E-state index in [0.717, 1.165) is 0 Å². The van der Waals surface area contributed by atoms with Crippen LogP contribution in [0.1, 0.15) is 19.4 Å². The number of thioether (sulfide) groups is 1. The number of anilines is 1. The van der Waals surface area contributed by atoms with Crippen LogP contribution in [0.15, 0.2) is 34.2 Å². The molecule has 1 aromatic rings. The molecule has 1 aromatic carbocycles. The maximum Gasteiger partial charge on any atom is 0.323 e. The van der Waals surface area contributed by atoms with Crippen molar-refractivity contribution >= 4 is 46.0 Å². The molecular formula is C17H17N3O4S. The molecule has 1 N–H and O–H groups in total. The summed E-state index contributed by atoms with van der Waals surface area (Å²) in [5.74, 6) is -1.84. The molecule has 25 heavy (non-hydrogen) atoms. The summed E-state index contributed by atoms with van der Waals surface area (Å²) in [5, 5.41) is 9.67. The molecule has 0 aromatic heterocycles. The fraction of sp³-hybridized carbons (Fsp3) is 0.294. The molecule has 0 saturated carbocycles. The predicted octanol–water partition coefficient (Wildman–Crippen LogP) is 1.80. The van der Waals surface area contributed by atoms with Crippen LogP contribution in [0.3, 0.4) is 0 Å². The van der Waals surface area contributed by atoms with E-state index in [4.69, 9.17) is 5.11 Å². The highest BCUT2D eigenvalue weighted by atomic mass is 32.2. The summed E-state index contributed by atoms with van der Waals surface area (Å²) >= 11 is 1.17. The lowest BCUT2D eigenvalue weighted by Gasteiger charge is -2.13. The molecule has 1 saturated heterocycles. The molecule has 8 heteroatoms. The molecule has 2 aliphatic rings. The standard InChI is InChI=1S/C17H17N3O4S/c1-3-18-17-19(4-2)16(24)14(25-17)13-10-7-5-6-8-11(10)20(15(13)23)9-12(21)22/h5-8H,3-4,9H2,1-2H3,(H,21,22)/b14-13-,18-17?. The first kappa shape index (κ1) is 17.2. The molecule has 3 rings (SSSR count). The third-order valence-corrected chi connectivity index (χ3v) is 5.03. The maximum absolute atomic E-state index is 12.9. The molecule has 0 bridgehead atoms. The van der Waals surface area contributed by atoms with Gasteiger partial charge in [-0.15, -0.1) is 0 Å². The molecule has 2 amide bonds. The smallest absolute Gasteiger partial charge is 0.323 e. The summed E-state index contributed by atoms with van der Waals surface area (Å²) in [6.07, 6.45) is 0. The Labute approximate surface area is 149 Å². The highest BCUT2D eigenvalue weighted by molar-refractivity contribution is 8.18. The van der Waals surface area contributed by atoms with Crippen molar-refractivity contribution in [3.05, 3.63) is 34.7 Å². The van der Waals surface area contributed by atoms with E-state index >= 15 is 0 Å². The van der Waals surface area contributed by atoms with Gasteiger partial charge in [-0.05, 0) is 31.7 Å². The van der Waals surface area contributed by atoms with Crippen molar-refractivity contribution in [2.75, 3.05) is 24.5 Å². The number of carboxylic acid groups (broad SMARTS) is 1. The molecule has 0 spiro atoms. The van der Waals surface area contributed by atoms with E-state index in [1.54, 1.807) is 24.3 Å². The van der Waals surface area contributed by atoms with Gasteiger partial charge in [0.25, 0.3) is 11.8 Å². The number of amides is 2. The van der Waals surface area contributed by atoms with Crippen LogP contribution in [0.5, 0.6) is 0 Å². The van der Waals surface area contributed by atoms with E-state index < -0.39 is 18.4 Å². The average molecular weight is 359 g/mol.